The molecule has 17 heteroatoms. The Morgan fingerprint density at radius 2 is 1.62 bits per heavy atom. The summed E-state index contributed by atoms with van der Waals surface area (Å²) < 4.78 is 63.1. The molecule has 2 aromatic carbocycles. The zero-order valence-electron chi connectivity index (χ0n) is 32.9. The molecule has 3 amide bonds. The van der Waals surface area contributed by atoms with Crippen molar-refractivity contribution < 1.29 is 31.9 Å². The van der Waals surface area contributed by atoms with E-state index in [9.17, 15) is 23.6 Å². The number of anilines is 3. The second-order valence-corrected chi connectivity index (χ2v) is 16.2. The molecule has 2 unspecified atom stereocenters. The van der Waals surface area contributed by atoms with Gasteiger partial charge in [0.2, 0.25) is 23.7 Å². The molecule has 4 aromatic rings. The van der Waals surface area contributed by atoms with Crippen molar-refractivity contribution in [2.24, 2.45) is 5.92 Å². The summed E-state index contributed by atoms with van der Waals surface area (Å²) in [6.45, 7) is 0.423. The molecule has 3 aliphatic heterocycles. The minimum atomic E-state index is -3.10. The Kier molecular flexibility index (Phi) is 11.9. The van der Waals surface area contributed by atoms with Crippen molar-refractivity contribution in [2.45, 2.75) is 87.9 Å². The number of carbonyl (C=O) groups excluding carboxylic acids is 3. The molecule has 3 saturated heterocycles. The van der Waals surface area contributed by atoms with Gasteiger partial charge in [-0.1, -0.05) is 18.2 Å². The number of nitrogens with zero attached hydrogens (tertiary/aromatic N) is 5. The maximum absolute atomic E-state index is 15.7. The highest BCUT2D eigenvalue weighted by atomic mass is 19.3. The number of imide groups is 1. The average Bonchev–Trinajstić information content (AvgIpc) is 3.23. The van der Waals surface area contributed by atoms with Gasteiger partial charge in [-0.15, -0.1) is 0 Å². The summed E-state index contributed by atoms with van der Waals surface area (Å²) in [5.74, 6) is -5.18. The van der Waals surface area contributed by atoms with Crippen molar-refractivity contribution in [1.82, 2.24) is 30.1 Å². The van der Waals surface area contributed by atoms with Crippen LogP contribution in [0.15, 0.2) is 77.9 Å². The fraction of sp³-hybridized carbons (Fsp3) is 0.442. The van der Waals surface area contributed by atoms with E-state index in [1.54, 1.807) is 53.6 Å². The molecule has 1 aliphatic carbocycles. The lowest BCUT2D eigenvalue weighted by Crippen LogP contribution is -2.61. The largest absolute Gasteiger partial charge is 0.374 e. The van der Waals surface area contributed by atoms with Crippen molar-refractivity contribution in [3.8, 4) is 16.9 Å². The Morgan fingerprint density at radius 3 is 2.35 bits per heavy atom. The van der Waals surface area contributed by atoms with Crippen molar-refractivity contribution in [2.75, 3.05) is 41.7 Å². The van der Waals surface area contributed by atoms with Gasteiger partial charge in [-0.3, -0.25) is 34.0 Å². The lowest BCUT2D eigenvalue weighted by molar-refractivity contribution is -0.133. The Bertz CT molecular complexity index is 2290. The molecule has 4 fully saturated rings. The van der Waals surface area contributed by atoms with E-state index in [0.717, 1.165) is 6.20 Å². The van der Waals surface area contributed by atoms with E-state index in [1.807, 2.05) is 0 Å². The Labute approximate surface area is 344 Å². The molecule has 1 saturated carbocycles. The van der Waals surface area contributed by atoms with Crippen molar-refractivity contribution in [3.63, 3.8) is 0 Å². The van der Waals surface area contributed by atoms with Gasteiger partial charge in [0.15, 0.2) is 5.82 Å². The SMILES string of the molecule is O=C1CCC(Nc2ccc(N3CCC(N4CCC(NC(=O)C5CCC(Nc6ncc(F)c(-c7cccc(-n8ccccc8=O)c7)n6)CC5)CC4)C(F)(F)C3)c(F)c2)C(=O)N1. The molecule has 13 nitrogen and oxygen atoms in total. The number of benzene rings is 2. The number of halogens is 4. The van der Waals surface area contributed by atoms with Gasteiger partial charge >= 0.3 is 0 Å². The topological polar surface area (TPSA) is 154 Å². The number of hydrogen-bond donors (Lipinski definition) is 4. The molecule has 0 spiro atoms. The molecule has 0 radical (unpaired) electrons. The average molecular weight is 830 g/mol. The second kappa shape index (κ2) is 17.4. The van der Waals surface area contributed by atoms with Crippen LogP contribution in [-0.4, -0.2) is 93.4 Å². The van der Waals surface area contributed by atoms with Gasteiger partial charge in [-0.05, 0) is 87.8 Å². The number of alkyl halides is 2. The van der Waals surface area contributed by atoms with Gasteiger partial charge in [0.1, 0.15) is 17.6 Å². The summed E-state index contributed by atoms with van der Waals surface area (Å²) in [7, 11) is 0. The van der Waals surface area contributed by atoms with Crippen LogP contribution in [0, 0.1) is 17.6 Å². The summed E-state index contributed by atoms with van der Waals surface area (Å²) in [5, 5.41) is 11.6. The third kappa shape index (κ3) is 9.15. The van der Waals surface area contributed by atoms with Crippen LogP contribution in [0.5, 0.6) is 0 Å². The van der Waals surface area contributed by atoms with Crippen LogP contribution in [0.25, 0.3) is 16.9 Å². The standard InChI is InChI=1S/C43H47F4N9O4/c44-32-23-30(49-34-12-14-37(57)52-41(34)60)11-13-35(32)55-21-17-36(43(46,47)25-55)54-19-15-29(16-20-54)50-40(59)26-7-9-28(10-8-26)51-42-48-24-33(45)39(53-42)27-4-3-5-31(22-27)56-18-2-1-6-38(56)58/h1-6,11,13,18,22-24,26,28-29,34,36,49H,7-10,12,14-17,19-21,25H2,(H,50,59)(H,48,51,53)(H,52,57,60). The van der Waals surface area contributed by atoms with Crippen LogP contribution in [0.4, 0.5) is 34.9 Å². The molecule has 8 rings (SSSR count). The zero-order valence-corrected chi connectivity index (χ0v) is 32.9. The number of likely N-dealkylation sites (tertiary alicyclic amines) is 1. The van der Waals surface area contributed by atoms with E-state index in [-0.39, 0.29) is 78.5 Å². The van der Waals surface area contributed by atoms with Crippen molar-refractivity contribution in [1.29, 1.82) is 0 Å². The van der Waals surface area contributed by atoms with Crippen LogP contribution < -0.4 is 31.7 Å². The van der Waals surface area contributed by atoms with Crippen LogP contribution in [0.3, 0.4) is 0 Å². The summed E-state index contributed by atoms with van der Waals surface area (Å²) in [4.78, 5) is 61.0. The summed E-state index contributed by atoms with van der Waals surface area (Å²) >= 11 is 0. The number of carbonyl (C=O) groups is 3. The van der Waals surface area contributed by atoms with E-state index in [1.165, 1.54) is 27.7 Å². The quantitative estimate of drug-likeness (QED) is 0.123. The predicted molar refractivity (Wildman–Crippen MR) is 217 cm³/mol. The third-order valence-corrected chi connectivity index (χ3v) is 12.1. The Morgan fingerprint density at radius 1 is 0.817 bits per heavy atom. The van der Waals surface area contributed by atoms with Gasteiger partial charge in [0.05, 0.1) is 24.5 Å². The Hall–Kier alpha value is -5.84. The molecule has 0 bridgehead atoms. The monoisotopic (exact) mass is 829 g/mol. The minimum Gasteiger partial charge on any atom is -0.374 e. The number of piperidine rings is 3. The van der Waals surface area contributed by atoms with Gasteiger partial charge in [0, 0.05) is 73.3 Å². The first-order valence-electron chi connectivity index (χ1n) is 20.5. The van der Waals surface area contributed by atoms with Gasteiger partial charge in [0.25, 0.3) is 11.5 Å². The first-order valence-corrected chi connectivity index (χ1v) is 20.5. The fourth-order valence-corrected chi connectivity index (χ4v) is 8.91. The van der Waals surface area contributed by atoms with Crippen LogP contribution >= 0.6 is 0 Å². The molecule has 4 N–H and O–H groups in total. The highest BCUT2D eigenvalue weighted by molar-refractivity contribution is 6.01. The maximum atomic E-state index is 15.7. The summed E-state index contributed by atoms with van der Waals surface area (Å²) in [5.41, 5.74) is 1.35. The first kappa shape index (κ1) is 40.9. The van der Waals surface area contributed by atoms with E-state index in [2.05, 4.69) is 31.2 Å². The summed E-state index contributed by atoms with van der Waals surface area (Å²) in [6.07, 6.45) is 7.07. The zero-order chi connectivity index (χ0) is 42.0. The molecular weight excluding hydrogens is 783 g/mol. The number of pyridine rings is 1. The predicted octanol–water partition coefficient (Wildman–Crippen LogP) is 5.26. The highest BCUT2D eigenvalue weighted by Gasteiger charge is 2.48. The second-order valence-electron chi connectivity index (χ2n) is 16.2. The minimum absolute atomic E-state index is 0.0178. The van der Waals surface area contributed by atoms with E-state index in [0.29, 0.717) is 68.6 Å². The van der Waals surface area contributed by atoms with E-state index >= 15 is 13.2 Å². The van der Waals surface area contributed by atoms with Gasteiger partial charge in [-0.25, -0.2) is 27.5 Å². The molecule has 5 heterocycles. The maximum Gasteiger partial charge on any atom is 0.280 e. The molecule has 4 aliphatic rings. The first-order chi connectivity index (χ1) is 28.9. The van der Waals surface area contributed by atoms with Gasteiger partial charge in [-0.2, -0.15) is 0 Å². The van der Waals surface area contributed by atoms with Crippen LogP contribution in [-0.2, 0) is 14.4 Å². The normalized spacial score (nSPS) is 23.8. The number of amides is 3. The number of aromatic nitrogens is 3. The lowest BCUT2D eigenvalue weighted by Gasteiger charge is -2.46. The molecule has 316 valence electrons. The fourth-order valence-electron chi connectivity index (χ4n) is 8.91. The molecular formula is C43H47F4N9O4. The van der Waals surface area contributed by atoms with E-state index in [4.69, 9.17) is 0 Å². The molecule has 2 atom stereocenters. The lowest BCUT2D eigenvalue weighted by atomic mass is 9.85. The smallest absolute Gasteiger partial charge is 0.280 e. The highest BCUT2D eigenvalue weighted by Crippen LogP contribution is 2.37. The third-order valence-electron chi connectivity index (χ3n) is 12.1. The molecule has 2 aromatic heterocycles. The molecule has 60 heavy (non-hydrogen) atoms. The van der Waals surface area contributed by atoms with Crippen molar-refractivity contribution >= 4 is 35.0 Å². The number of nitrogens with one attached hydrogen (secondary N) is 4. The number of hydrogen-bond acceptors (Lipinski definition) is 10. The van der Waals surface area contributed by atoms with Gasteiger partial charge < -0.3 is 20.9 Å². The van der Waals surface area contributed by atoms with E-state index < -0.39 is 42.1 Å². The summed E-state index contributed by atoms with van der Waals surface area (Å²) in [6, 6.07) is 14.1. The van der Waals surface area contributed by atoms with Crippen molar-refractivity contribution in [3.05, 3.63) is 95.0 Å². The van der Waals surface area contributed by atoms with Crippen LogP contribution in [0.2, 0.25) is 0 Å². The Balaban J connectivity index is 0.785. The van der Waals surface area contributed by atoms with Crippen LogP contribution in [0.1, 0.15) is 57.8 Å². The number of rotatable bonds is 10.